The molecule has 0 amide bonds. The summed E-state index contributed by atoms with van der Waals surface area (Å²) in [6.07, 6.45) is 1.57. The van der Waals surface area contributed by atoms with Crippen molar-refractivity contribution in [2.24, 2.45) is 0 Å². The van der Waals surface area contributed by atoms with Gasteiger partial charge >= 0.3 is 11.9 Å². The normalized spacial score (nSPS) is 12.7. The van der Waals surface area contributed by atoms with Crippen LogP contribution in [-0.4, -0.2) is 45.2 Å². The molecular weight excluding hydrogens is 340 g/mol. The van der Waals surface area contributed by atoms with Gasteiger partial charge in [0.2, 0.25) is 5.79 Å². The van der Waals surface area contributed by atoms with E-state index in [1.807, 2.05) is 6.92 Å². The molecule has 0 spiro atoms. The molecule has 0 aromatic rings. The van der Waals surface area contributed by atoms with Crippen LogP contribution >= 0.6 is 0 Å². The highest BCUT2D eigenvalue weighted by atomic mass is 17.3. The molecule has 0 aromatic carbocycles. The first-order valence-corrected chi connectivity index (χ1v) is 7.94. The van der Waals surface area contributed by atoms with Crippen LogP contribution in [0.4, 0.5) is 0 Å². The van der Waals surface area contributed by atoms with Crippen LogP contribution in [0.5, 0.6) is 0 Å². The van der Waals surface area contributed by atoms with Crippen molar-refractivity contribution in [1.82, 2.24) is 0 Å². The van der Waals surface area contributed by atoms with Gasteiger partial charge in [0.15, 0.2) is 0 Å². The maximum atomic E-state index is 11.8. The van der Waals surface area contributed by atoms with E-state index in [9.17, 15) is 9.59 Å². The predicted molar refractivity (Wildman–Crippen MR) is 82.0 cm³/mol. The summed E-state index contributed by atoms with van der Waals surface area (Å²) in [6, 6.07) is 0. The van der Waals surface area contributed by atoms with E-state index in [2.05, 4.69) is 24.4 Å². The summed E-state index contributed by atoms with van der Waals surface area (Å²) in [6.45, 7) is 3.51. The zero-order valence-electron chi connectivity index (χ0n) is 15.4. The van der Waals surface area contributed by atoms with E-state index in [0.29, 0.717) is 6.42 Å². The Balaban J connectivity index is 4.43. The van der Waals surface area contributed by atoms with E-state index < -0.39 is 23.8 Å². The van der Waals surface area contributed by atoms with Crippen LogP contribution < -0.4 is 0 Å². The first-order valence-electron chi connectivity index (χ1n) is 7.94. The predicted octanol–water partition coefficient (Wildman–Crippen LogP) is 2.17. The largest absolute Gasteiger partial charge is 0.358 e. The summed E-state index contributed by atoms with van der Waals surface area (Å²) >= 11 is 0. The van der Waals surface area contributed by atoms with Gasteiger partial charge in [-0.25, -0.2) is 38.9 Å². The summed E-state index contributed by atoms with van der Waals surface area (Å²) in [5, 5.41) is 0. The van der Waals surface area contributed by atoms with Gasteiger partial charge in [-0.2, -0.15) is 9.78 Å². The van der Waals surface area contributed by atoms with Gasteiger partial charge in [-0.15, -0.1) is 0 Å². The van der Waals surface area contributed by atoms with Crippen molar-refractivity contribution in [3.8, 4) is 0 Å². The molecule has 0 N–H and O–H groups in total. The second kappa shape index (κ2) is 13.9. The zero-order valence-corrected chi connectivity index (χ0v) is 15.4. The molecule has 25 heavy (non-hydrogen) atoms. The average molecular weight is 368 g/mol. The zero-order chi connectivity index (χ0) is 19.1. The molecular formula is C15H28O10. The van der Waals surface area contributed by atoms with Gasteiger partial charge in [0.25, 0.3) is 0 Å². The Morgan fingerprint density at radius 1 is 0.920 bits per heavy atom. The van der Waals surface area contributed by atoms with Crippen LogP contribution in [0, 0.1) is 0 Å². The highest BCUT2D eigenvalue weighted by molar-refractivity contribution is 5.73. The van der Waals surface area contributed by atoms with Crippen molar-refractivity contribution in [3.05, 3.63) is 0 Å². The van der Waals surface area contributed by atoms with Gasteiger partial charge < -0.3 is 0 Å². The third-order valence-electron chi connectivity index (χ3n) is 2.96. The monoisotopic (exact) mass is 368 g/mol. The number of hydrogen-bond acceptors (Lipinski definition) is 10. The van der Waals surface area contributed by atoms with Crippen molar-refractivity contribution in [1.29, 1.82) is 0 Å². The Labute approximate surface area is 147 Å². The minimum atomic E-state index is -1.37. The molecule has 0 saturated heterocycles. The van der Waals surface area contributed by atoms with Crippen molar-refractivity contribution in [2.75, 3.05) is 21.3 Å². The summed E-state index contributed by atoms with van der Waals surface area (Å²) in [7, 11) is 3.85. The molecule has 0 rings (SSSR count). The fourth-order valence-electron chi connectivity index (χ4n) is 2.00. The lowest BCUT2D eigenvalue weighted by Crippen LogP contribution is -2.38. The maximum absolute atomic E-state index is 11.8. The standard InChI is InChI=1S/C15H28O10/c1-6-7-8-9-13(16)22-23-14(17)10-12(21-18-3)11-15(2,24-19-4)25-20-5/h12H,6-11H2,1-5H3. The molecule has 0 heterocycles. The van der Waals surface area contributed by atoms with Crippen LogP contribution in [-0.2, 0) is 48.7 Å². The molecule has 10 heteroatoms. The molecule has 0 aliphatic rings. The lowest BCUT2D eigenvalue weighted by molar-refractivity contribution is -0.501. The number of unbranched alkanes of at least 4 members (excludes halogenated alkanes) is 2. The quantitative estimate of drug-likeness (QED) is 0.196. The number of rotatable bonds is 14. The summed E-state index contributed by atoms with van der Waals surface area (Å²) in [5.74, 6) is -2.80. The summed E-state index contributed by atoms with van der Waals surface area (Å²) in [5.41, 5.74) is 0. The van der Waals surface area contributed by atoms with Crippen molar-refractivity contribution in [3.63, 3.8) is 0 Å². The molecule has 0 bridgehead atoms. The van der Waals surface area contributed by atoms with Gasteiger partial charge in [0, 0.05) is 6.42 Å². The average Bonchev–Trinajstić information content (AvgIpc) is 2.53. The fourth-order valence-corrected chi connectivity index (χ4v) is 2.00. The highest BCUT2D eigenvalue weighted by Gasteiger charge is 2.35. The Morgan fingerprint density at radius 3 is 2.04 bits per heavy atom. The second-order valence-corrected chi connectivity index (χ2v) is 5.29. The van der Waals surface area contributed by atoms with Gasteiger partial charge in [-0.05, 0) is 13.3 Å². The van der Waals surface area contributed by atoms with Crippen LogP contribution in [0.15, 0.2) is 0 Å². The molecule has 0 aromatic heterocycles. The van der Waals surface area contributed by atoms with Crippen LogP contribution in [0.2, 0.25) is 0 Å². The Kier molecular flexibility index (Phi) is 13.2. The maximum Gasteiger partial charge on any atom is 0.358 e. The van der Waals surface area contributed by atoms with Crippen LogP contribution in [0.25, 0.3) is 0 Å². The lowest BCUT2D eigenvalue weighted by Gasteiger charge is -2.28. The number of carbonyl (C=O) groups excluding carboxylic acids is 2. The van der Waals surface area contributed by atoms with Crippen LogP contribution in [0.3, 0.4) is 0 Å². The minimum Gasteiger partial charge on any atom is -0.247 e. The SMILES string of the molecule is CCCCCC(=O)OOC(=O)CC(CC(C)(OOC)OOC)OOC. The van der Waals surface area contributed by atoms with Crippen molar-refractivity contribution in [2.45, 2.75) is 64.3 Å². The Morgan fingerprint density at radius 2 is 1.52 bits per heavy atom. The van der Waals surface area contributed by atoms with Crippen molar-refractivity contribution >= 4 is 11.9 Å². The lowest BCUT2D eigenvalue weighted by atomic mass is 10.1. The van der Waals surface area contributed by atoms with E-state index >= 15 is 0 Å². The fraction of sp³-hybridized carbons (Fsp3) is 0.867. The number of carbonyl (C=O) groups is 2. The topological polar surface area (TPSA) is 108 Å². The minimum absolute atomic E-state index is 0.0118. The molecule has 10 nitrogen and oxygen atoms in total. The molecule has 0 saturated carbocycles. The van der Waals surface area contributed by atoms with Crippen molar-refractivity contribution < 1.29 is 48.7 Å². The molecule has 0 aliphatic heterocycles. The molecule has 148 valence electrons. The molecule has 1 unspecified atom stereocenters. The third-order valence-corrected chi connectivity index (χ3v) is 2.96. The van der Waals surface area contributed by atoms with E-state index in [4.69, 9.17) is 14.7 Å². The molecule has 1 atom stereocenters. The smallest absolute Gasteiger partial charge is 0.247 e. The van der Waals surface area contributed by atoms with E-state index in [0.717, 1.165) is 12.8 Å². The van der Waals surface area contributed by atoms with Crippen LogP contribution in [0.1, 0.15) is 52.4 Å². The second-order valence-electron chi connectivity index (χ2n) is 5.29. The van der Waals surface area contributed by atoms with Gasteiger partial charge in [0.05, 0.1) is 34.2 Å². The molecule has 0 fully saturated rings. The van der Waals surface area contributed by atoms with E-state index in [1.54, 1.807) is 0 Å². The van der Waals surface area contributed by atoms with E-state index in [-0.39, 0.29) is 19.3 Å². The Bertz CT molecular complexity index is 367. The van der Waals surface area contributed by atoms with Gasteiger partial charge in [0.1, 0.15) is 6.10 Å². The third kappa shape index (κ3) is 11.8. The molecule has 0 aliphatic carbocycles. The first kappa shape index (κ1) is 23.7. The summed E-state index contributed by atoms with van der Waals surface area (Å²) < 4.78 is 0. The van der Waals surface area contributed by atoms with E-state index in [1.165, 1.54) is 28.3 Å². The summed E-state index contributed by atoms with van der Waals surface area (Å²) in [4.78, 5) is 60.8. The van der Waals surface area contributed by atoms with Gasteiger partial charge in [-0.3, -0.25) is 0 Å². The Hall–Kier alpha value is -1.30. The van der Waals surface area contributed by atoms with Gasteiger partial charge in [-0.1, -0.05) is 19.8 Å². The first-order chi connectivity index (χ1) is 11.9. The number of hydrogen-bond donors (Lipinski definition) is 0. The highest BCUT2D eigenvalue weighted by Crippen LogP contribution is 2.23. The molecule has 0 radical (unpaired) electrons.